The number of aliphatic hydroxyl groups is 1. The van der Waals surface area contributed by atoms with Gasteiger partial charge in [0.2, 0.25) is 0 Å². The number of allylic oxidation sites excluding steroid dienone is 4. The van der Waals surface area contributed by atoms with Crippen molar-refractivity contribution in [1.82, 2.24) is 0 Å². The lowest BCUT2D eigenvalue weighted by molar-refractivity contribution is -0.0931. The molecule has 1 nitrogen and oxygen atoms in total. The van der Waals surface area contributed by atoms with Gasteiger partial charge in [-0.15, -0.1) is 0 Å². The fourth-order valence-corrected chi connectivity index (χ4v) is 9.10. The summed E-state index contributed by atoms with van der Waals surface area (Å²) in [4.78, 5) is 0. The fraction of sp³-hybridized carbons (Fsp3) is 0.862. The van der Waals surface area contributed by atoms with E-state index in [-0.39, 0.29) is 11.5 Å². The zero-order valence-electron chi connectivity index (χ0n) is 21.0. The summed E-state index contributed by atoms with van der Waals surface area (Å²) in [6.07, 6.45) is 15.3. The van der Waals surface area contributed by atoms with Gasteiger partial charge in [0.15, 0.2) is 0 Å². The van der Waals surface area contributed by atoms with Gasteiger partial charge in [-0.25, -0.2) is 0 Å². The molecule has 1 N–H and O–H groups in total. The van der Waals surface area contributed by atoms with Gasteiger partial charge in [-0.05, 0) is 118 Å². The average molecular weight is 413 g/mol. The van der Waals surface area contributed by atoms with Crippen molar-refractivity contribution in [3.63, 3.8) is 0 Å². The van der Waals surface area contributed by atoms with Crippen LogP contribution in [0.4, 0.5) is 0 Å². The van der Waals surface area contributed by atoms with Gasteiger partial charge in [0.1, 0.15) is 0 Å². The highest BCUT2D eigenvalue weighted by Gasteiger charge is 2.59. The highest BCUT2D eigenvalue weighted by Crippen LogP contribution is 2.68. The minimum atomic E-state index is -0.121. The zero-order valence-corrected chi connectivity index (χ0v) is 21.0. The fourth-order valence-electron chi connectivity index (χ4n) is 9.10. The number of rotatable bonds is 4. The van der Waals surface area contributed by atoms with Gasteiger partial charge >= 0.3 is 0 Å². The van der Waals surface area contributed by atoms with Crippen molar-refractivity contribution in [2.45, 2.75) is 119 Å². The first-order chi connectivity index (χ1) is 14.0. The molecule has 4 rings (SSSR count). The number of hydrogen-bond acceptors (Lipinski definition) is 1. The first-order valence-corrected chi connectivity index (χ1v) is 13.1. The second-order valence-electron chi connectivity index (χ2n) is 13.0. The van der Waals surface area contributed by atoms with Crippen LogP contribution in [0.1, 0.15) is 113 Å². The third-order valence-corrected chi connectivity index (χ3v) is 10.8. The van der Waals surface area contributed by atoms with Crippen LogP contribution in [0, 0.1) is 39.9 Å². The van der Waals surface area contributed by atoms with Crippen molar-refractivity contribution in [3.8, 4) is 0 Å². The van der Waals surface area contributed by atoms with Crippen LogP contribution in [-0.4, -0.2) is 11.2 Å². The Morgan fingerprint density at radius 3 is 2.47 bits per heavy atom. The molecule has 7 atom stereocenters. The molecule has 0 amide bonds. The molecule has 2 saturated carbocycles. The quantitative estimate of drug-likeness (QED) is 0.462. The van der Waals surface area contributed by atoms with E-state index in [1.165, 1.54) is 63.4 Å². The molecule has 0 bridgehead atoms. The Bertz CT molecular complexity index is 723. The van der Waals surface area contributed by atoms with E-state index in [0.29, 0.717) is 16.7 Å². The van der Waals surface area contributed by atoms with Crippen molar-refractivity contribution in [2.75, 3.05) is 0 Å². The smallest absolute Gasteiger partial charge is 0.0594 e. The van der Waals surface area contributed by atoms with Gasteiger partial charge in [-0.1, -0.05) is 57.4 Å². The molecular weight excluding hydrogens is 364 g/mol. The first kappa shape index (κ1) is 22.6. The van der Waals surface area contributed by atoms with Crippen LogP contribution in [0.25, 0.3) is 0 Å². The van der Waals surface area contributed by atoms with Crippen LogP contribution in [0.15, 0.2) is 22.8 Å². The standard InChI is InChI=1S/C29H48O/c1-19(2)9-8-10-20(3)22-12-13-23-21-11-14-25-27(4,5)26(30)16-18-29(25,7)24(21)15-17-28(22,23)6/h9,20,22-23,25-26,30H,8,10-18H2,1-7H3/t20?,22?,23-,25-,26-,28+,29+/m0/s1. The van der Waals surface area contributed by atoms with Crippen molar-refractivity contribution >= 4 is 0 Å². The monoisotopic (exact) mass is 412 g/mol. The van der Waals surface area contributed by atoms with Crippen molar-refractivity contribution in [3.05, 3.63) is 22.8 Å². The molecule has 4 aliphatic carbocycles. The number of aliphatic hydroxyl groups excluding tert-OH is 1. The predicted molar refractivity (Wildman–Crippen MR) is 128 cm³/mol. The van der Waals surface area contributed by atoms with Crippen molar-refractivity contribution in [2.24, 2.45) is 39.9 Å². The van der Waals surface area contributed by atoms with Gasteiger partial charge in [0.25, 0.3) is 0 Å². The van der Waals surface area contributed by atoms with Crippen LogP contribution in [0.5, 0.6) is 0 Å². The molecule has 2 fully saturated rings. The Balaban J connectivity index is 1.59. The Hall–Kier alpha value is -0.560. The third-order valence-electron chi connectivity index (χ3n) is 10.8. The summed E-state index contributed by atoms with van der Waals surface area (Å²) in [5.74, 6) is 3.23. The van der Waals surface area contributed by atoms with E-state index in [9.17, 15) is 5.11 Å². The van der Waals surface area contributed by atoms with Crippen molar-refractivity contribution < 1.29 is 5.11 Å². The Morgan fingerprint density at radius 1 is 1.03 bits per heavy atom. The molecule has 0 aromatic carbocycles. The Labute approximate surface area is 186 Å². The molecular formula is C29H48O. The summed E-state index contributed by atoms with van der Waals surface area (Å²) in [6, 6.07) is 0. The van der Waals surface area contributed by atoms with E-state index in [4.69, 9.17) is 0 Å². The maximum atomic E-state index is 10.8. The third kappa shape index (κ3) is 3.37. The normalized spacial score (nSPS) is 43.5. The molecule has 0 aromatic rings. The summed E-state index contributed by atoms with van der Waals surface area (Å²) in [7, 11) is 0. The average Bonchev–Trinajstić information content (AvgIpc) is 3.02. The lowest BCUT2D eigenvalue weighted by atomic mass is 9.46. The van der Waals surface area contributed by atoms with E-state index in [2.05, 4.69) is 54.5 Å². The Morgan fingerprint density at radius 2 is 1.77 bits per heavy atom. The van der Waals surface area contributed by atoms with Crippen LogP contribution in [0.3, 0.4) is 0 Å². The molecule has 170 valence electrons. The van der Waals surface area contributed by atoms with Gasteiger partial charge < -0.3 is 5.11 Å². The summed E-state index contributed by atoms with van der Waals surface area (Å²) in [5, 5.41) is 10.8. The molecule has 0 aliphatic heterocycles. The van der Waals surface area contributed by atoms with Crippen molar-refractivity contribution in [1.29, 1.82) is 0 Å². The zero-order chi connectivity index (χ0) is 21.9. The van der Waals surface area contributed by atoms with E-state index in [1.54, 1.807) is 0 Å². The van der Waals surface area contributed by atoms with Gasteiger partial charge in [-0.3, -0.25) is 0 Å². The molecule has 0 aromatic heterocycles. The van der Waals surface area contributed by atoms with Crippen LogP contribution in [0.2, 0.25) is 0 Å². The molecule has 0 radical (unpaired) electrons. The molecule has 30 heavy (non-hydrogen) atoms. The summed E-state index contributed by atoms with van der Waals surface area (Å²) in [6.45, 7) is 16.9. The lowest BCUT2D eigenvalue weighted by Crippen LogP contribution is -2.53. The topological polar surface area (TPSA) is 20.2 Å². The molecule has 4 aliphatic rings. The molecule has 0 saturated heterocycles. The van der Waals surface area contributed by atoms with E-state index >= 15 is 0 Å². The Kier molecular flexibility index (Phi) is 5.87. The van der Waals surface area contributed by atoms with Gasteiger partial charge in [0, 0.05) is 0 Å². The van der Waals surface area contributed by atoms with E-state index in [1.807, 2.05) is 11.1 Å². The second kappa shape index (κ2) is 7.79. The largest absolute Gasteiger partial charge is 0.393 e. The highest BCUT2D eigenvalue weighted by molar-refractivity contribution is 5.35. The minimum Gasteiger partial charge on any atom is -0.393 e. The maximum Gasteiger partial charge on any atom is 0.0594 e. The lowest BCUT2D eigenvalue weighted by Gasteiger charge is -2.60. The SMILES string of the molecule is CC(C)=CCCC(C)C1CC[C@H]2C3=C(CC[C@]12C)[C@@]1(C)CC[C@H](O)C(C)(C)[C@@H]1CC3. The molecule has 0 spiro atoms. The van der Waals surface area contributed by atoms with Crippen LogP contribution in [-0.2, 0) is 0 Å². The summed E-state index contributed by atoms with van der Waals surface area (Å²) in [5.41, 5.74) is 6.15. The van der Waals surface area contributed by atoms with Gasteiger partial charge in [0.05, 0.1) is 6.10 Å². The summed E-state index contributed by atoms with van der Waals surface area (Å²) < 4.78 is 0. The van der Waals surface area contributed by atoms with E-state index in [0.717, 1.165) is 24.2 Å². The first-order valence-electron chi connectivity index (χ1n) is 13.1. The summed E-state index contributed by atoms with van der Waals surface area (Å²) >= 11 is 0. The van der Waals surface area contributed by atoms with Crippen LogP contribution >= 0.6 is 0 Å². The maximum absolute atomic E-state index is 10.8. The van der Waals surface area contributed by atoms with Crippen LogP contribution < -0.4 is 0 Å². The van der Waals surface area contributed by atoms with Gasteiger partial charge in [-0.2, -0.15) is 0 Å². The second-order valence-corrected chi connectivity index (χ2v) is 13.0. The molecule has 1 heteroatoms. The number of hydrogen-bond donors (Lipinski definition) is 1. The minimum absolute atomic E-state index is 0.0595. The van der Waals surface area contributed by atoms with E-state index < -0.39 is 0 Å². The molecule has 0 heterocycles. The highest BCUT2D eigenvalue weighted by atomic mass is 16.3. The number of fused-ring (bicyclic) bond motifs is 4. The molecule has 2 unspecified atom stereocenters. The predicted octanol–water partition coefficient (Wildman–Crippen LogP) is 8.09.